The minimum Gasteiger partial charge on any atom is -0.336 e. The Morgan fingerprint density at radius 1 is 1.40 bits per heavy atom. The van der Waals surface area contributed by atoms with Gasteiger partial charge in [-0.1, -0.05) is 18.2 Å². The molecule has 0 spiro atoms. The van der Waals surface area contributed by atoms with E-state index in [4.69, 9.17) is 11.6 Å². The van der Waals surface area contributed by atoms with Crippen molar-refractivity contribution in [2.45, 2.75) is 31.7 Å². The lowest BCUT2D eigenvalue weighted by Crippen LogP contribution is -2.35. The summed E-state index contributed by atoms with van der Waals surface area (Å²) < 4.78 is 1.19. The van der Waals surface area contributed by atoms with Crippen LogP contribution in [-0.4, -0.2) is 29.3 Å². The smallest absolute Gasteiger partial charge is 0.255 e. The number of carbonyl (C=O) groups excluding carboxylic acids is 1. The number of alkyl halides is 1. The van der Waals surface area contributed by atoms with Crippen LogP contribution in [0.2, 0.25) is 0 Å². The van der Waals surface area contributed by atoms with Crippen LogP contribution >= 0.6 is 22.9 Å². The molecule has 1 atom stereocenters. The van der Waals surface area contributed by atoms with Gasteiger partial charge in [-0.2, -0.15) is 0 Å². The van der Waals surface area contributed by atoms with E-state index in [-0.39, 0.29) is 5.91 Å². The monoisotopic (exact) mass is 307 g/mol. The second-order valence-electron chi connectivity index (χ2n) is 5.27. The number of rotatable bonds is 4. The van der Waals surface area contributed by atoms with E-state index in [0.29, 0.717) is 11.9 Å². The van der Waals surface area contributed by atoms with Crippen molar-refractivity contribution >= 4 is 38.9 Å². The number of fused-ring (bicyclic) bond motifs is 1. The van der Waals surface area contributed by atoms with E-state index in [1.165, 1.54) is 4.70 Å². The van der Waals surface area contributed by atoms with E-state index >= 15 is 0 Å². The normalized spacial score (nSPS) is 18.9. The molecule has 1 aromatic heterocycles. The van der Waals surface area contributed by atoms with Crippen LogP contribution in [0.15, 0.2) is 29.6 Å². The first-order chi connectivity index (χ1) is 9.81. The van der Waals surface area contributed by atoms with Crippen LogP contribution in [0.5, 0.6) is 0 Å². The molecular formula is C16H18ClNOS. The molecule has 1 aromatic carbocycles. The van der Waals surface area contributed by atoms with Crippen molar-refractivity contribution in [2.75, 3.05) is 12.4 Å². The predicted molar refractivity (Wildman–Crippen MR) is 85.8 cm³/mol. The molecule has 2 aromatic rings. The van der Waals surface area contributed by atoms with Gasteiger partial charge in [0.15, 0.2) is 0 Å². The summed E-state index contributed by atoms with van der Waals surface area (Å²) in [5.74, 6) is 0.874. The van der Waals surface area contributed by atoms with Crippen molar-refractivity contribution in [1.29, 1.82) is 0 Å². The molecule has 1 saturated heterocycles. The first-order valence-corrected chi connectivity index (χ1v) is 8.56. The van der Waals surface area contributed by atoms with Crippen molar-refractivity contribution < 1.29 is 4.79 Å². The number of hydrogen-bond acceptors (Lipinski definition) is 2. The molecule has 0 N–H and O–H groups in total. The quantitative estimate of drug-likeness (QED) is 0.760. The van der Waals surface area contributed by atoms with Gasteiger partial charge in [-0.05, 0) is 31.7 Å². The summed E-state index contributed by atoms with van der Waals surface area (Å²) in [6.07, 6.45) is 4.24. The van der Waals surface area contributed by atoms with Gasteiger partial charge in [-0.3, -0.25) is 4.79 Å². The Morgan fingerprint density at radius 2 is 2.25 bits per heavy atom. The standard InChI is InChI=1S/C16H18ClNOS/c17-9-3-5-12-6-4-10-18(12)16(19)14-11-20-15-8-2-1-7-13(14)15/h1-2,7-8,11-12H,3-6,9-10H2. The summed E-state index contributed by atoms with van der Waals surface area (Å²) in [4.78, 5) is 14.9. The molecule has 1 amide bonds. The molecule has 0 bridgehead atoms. The minimum atomic E-state index is 0.194. The number of benzene rings is 1. The van der Waals surface area contributed by atoms with Crippen LogP contribution in [0, 0.1) is 0 Å². The van der Waals surface area contributed by atoms with Crippen LogP contribution in [0.25, 0.3) is 10.1 Å². The number of likely N-dealkylation sites (tertiary alicyclic amines) is 1. The van der Waals surface area contributed by atoms with Gasteiger partial charge in [0.25, 0.3) is 5.91 Å². The second kappa shape index (κ2) is 6.15. The summed E-state index contributed by atoms with van der Waals surface area (Å²) in [6.45, 7) is 0.885. The lowest BCUT2D eigenvalue weighted by atomic mass is 10.1. The van der Waals surface area contributed by atoms with Gasteiger partial charge >= 0.3 is 0 Å². The molecule has 2 heterocycles. The largest absolute Gasteiger partial charge is 0.336 e. The highest BCUT2D eigenvalue weighted by atomic mass is 35.5. The fourth-order valence-corrected chi connectivity index (χ4v) is 4.10. The number of hydrogen-bond donors (Lipinski definition) is 0. The van der Waals surface area contributed by atoms with Gasteiger partial charge in [0.2, 0.25) is 0 Å². The Bertz CT molecular complexity index is 609. The molecule has 106 valence electrons. The Kier molecular flexibility index (Phi) is 4.27. The average Bonchev–Trinajstić information content (AvgIpc) is 3.11. The van der Waals surface area contributed by atoms with Crippen molar-refractivity contribution in [3.8, 4) is 0 Å². The van der Waals surface area contributed by atoms with E-state index in [1.54, 1.807) is 11.3 Å². The maximum absolute atomic E-state index is 12.8. The van der Waals surface area contributed by atoms with E-state index in [2.05, 4.69) is 11.0 Å². The molecule has 1 aliphatic rings. The summed E-state index contributed by atoms with van der Waals surface area (Å²) in [6, 6.07) is 8.52. The third-order valence-electron chi connectivity index (χ3n) is 4.02. The average molecular weight is 308 g/mol. The molecule has 0 radical (unpaired) electrons. The summed E-state index contributed by atoms with van der Waals surface area (Å²) >= 11 is 7.43. The molecule has 0 saturated carbocycles. The summed E-state index contributed by atoms with van der Waals surface area (Å²) in [5, 5.41) is 3.09. The molecule has 1 aliphatic heterocycles. The van der Waals surface area contributed by atoms with Crippen LogP contribution in [0.4, 0.5) is 0 Å². The number of nitrogens with zero attached hydrogens (tertiary/aromatic N) is 1. The number of halogens is 1. The van der Waals surface area contributed by atoms with Gasteiger partial charge < -0.3 is 4.90 Å². The lowest BCUT2D eigenvalue weighted by Gasteiger charge is -2.24. The molecule has 1 unspecified atom stereocenters. The number of thiophene rings is 1. The predicted octanol–water partition coefficient (Wildman–Crippen LogP) is 4.52. The fraction of sp³-hybridized carbons (Fsp3) is 0.438. The number of carbonyl (C=O) groups is 1. The molecule has 1 fully saturated rings. The van der Waals surface area contributed by atoms with Crippen molar-refractivity contribution in [3.63, 3.8) is 0 Å². The van der Waals surface area contributed by atoms with E-state index in [0.717, 1.165) is 43.2 Å². The fourth-order valence-electron chi connectivity index (χ4n) is 3.01. The van der Waals surface area contributed by atoms with Gasteiger partial charge in [-0.25, -0.2) is 0 Å². The Labute approximate surface area is 128 Å². The molecule has 2 nitrogen and oxygen atoms in total. The zero-order valence-corrected chi connectivity index (χ0v) is 12.9. The van der Waals surface area contributed by atoms with Gasteiger partial charge in [0.05, 0.1) is 5.56 Å². The second-order valence-corrected chi connectivity index (χ2v) is 6.56. The first-order valence-electron chi connectivity index (χ1n) is 7.14. The highest BCUT2D eigenvalue weighted by Crippen LogP contribution is 2.30. The Hall–Kier alpha value is -1.06. The molecular weight excluding hydrogens is 290 g/mol. The van der Waals surface area contributed by atoms with Gasteiger partial charge in [-0.15, -0.1) is 22.9 Å². The van der Waals surface area contributed by atoms with Crippen LogP contribution < -0.4 is 0 Å². The van der Waals surface area contributed by atoms with Crippen LogP contribution in [-0.2, 0) is 0 Å². The summed E-state index contributed by atoms with van der Waals surface area (Å²) in [7, 11) is 0. The number of amides is 1. The highest BCUT2D eigenvalue weighted by Gasteiger charge is 2.29. The van der Waals surface area contributed by atoms with Crippen LogP contribution in [0.1, 0.15) is 36.0 Å². The molecule has 4 heteroatoms. The van der Waals surface area contributed by atoms with Crippen molar-refractivity contribution in [2.24, 2.45) is 0 Å². The lowest BCUT2D eigenvalue weighted by molar-refractivity contribution is 0.0732. The SMILES string of the molecule is O=C(c1csc2ccccc12)N1CCCC1CCCCl. The zero-order valence-electron chi connectivity index (χ0n) is 11.3. The maximum Gasteiger partial charge on any atom is 0.255 e. The van der Waals surface area contributed by atoms with E-state index < -0.39 is 0 Å². The minimum absolute atomic E-state index is 0.194. The van der Waals surface area contributed by atoms with Gasteiger partial charge in [0, 0.05) is 33.9 Å². The first kappa shape index (κ1) is 13.9. The van der Waals surface area contributed by atoms with E-state index in [1.807, 2.05) is 23.6 Å². The Morgan fingerprint density at radius 3 is 3.10 bits per heavy atom. The topological polar surface area (TPSA) is 20.3 Å². The van der Waals surface area contributed by atoms with E-state index in [9.17, 15) is 4.79 Å². The zero-order chi connectivity index (χ0) is 13.9. The highest BCUT2D eigenvalue weighted by molar-refractivity contribution is 7.17. The third-order valence-corrected chi connectivity index (χ3v) is 5.25. The Balaban J connectivity index is 1.84. The molecule has 20 heavy (non-hydrogen) atoms. The van der Waals surface area contributed by atoms with Crippen LogP contribution in [0.3, 0.4) is 0 Å². The van der Waals surface area contributed by atoms with Crippen molar-refractivity contribution in [1.82, 2.24) is 4.90 Å². The summed E-state index contributed by atoms with van der Waals surface area (Å²) in [5.41, 5.74) is 0.864. The third kappa shape index (κ3) is 2.57. The molecule has 3 rings (SSSR count). The molecule has 0 aliphatic carbocycles. The van der Waals surface area contributed by atoms with Crippen molar-refractivity contribution in [3.05, 3.63) is 35.2 Å². The van der Waals surface area contributed by atoms with Gasteiger partial charge in [0.1, 0.15) is 0 Å². The maximum atomic E-state index is 12.8.